The van der Waals surface area contributed by atoms with Crippen LogP contribution in [0.15, 0.2) is 42.6 Å². The molecule has 0 aliphatic carbocycles. The van der Waals surface area contributed by atoms with E-state index in [1.807, 2.05) is 20.8 Å². The maximum atomic E-state index is 12.8. The van der Waals surface area contributed by atoms with Crippen molar-refractivity contribution in [3.63, 3.8) is 0 Å². The number of nitrogens with zero attached hydrogens (tertiary/aromatic N) is 5. The molecule has 1 N–H and O–H groups in total. The first-order valence-electron chi connectivity index (χ1n) is 10.00. The van der Waals surface area contributed by atoms with Crippen LogP contribution in [0.1, 0.15) is 30.4 Å². The van der Waals surface area contributed by atoms with E-state index in [1.54, 1.807) is 4.68 Å². The van der Waals surface area contributed by atoms with Gasteiger partial charge in [0.1, 0.15) is 11.6 Å². The molecule has 0 atom stereocenters. The normalized spacial score (nSPS) is 12.1. The molecule has 182 valence electrons. The zero-order chi connectivity index (χ0) is 25.5. The molecular formula is C21H17F3N6O4S. The molecule has 0 saturated carbocycles. The molecule has 4 rings (SSSR count). The molecule has 1 aromatic carbocycles. The average Bonchev–Trinajstić information content (AvgIpc) is 3.40. The second-order valence-corrected chi connectivity index (χ2v) is 9.34. The Morgan fingerprint density at radius 1 is 1.11 bits per heavy atom. The van der Waals surface area contributed by atoms with Crippen LogP contribution in [0.3, 0.4) is 0 Å². The number of hydrogen-bond donors (Lipinski definition) is 1. The molecule has 0 saturated heterocycles. The predicted molar refractivity (Wildman–Crippen MR) is 121 cm³/mol. The summed E-state index contributed by atoms with van der Waals surface area (Å²) < 4.78 is 43.0. The van der Waals surface area contributed by atoms with Crippen molar-refractivity contribution >= 4 is 39.1 Å². The van der Waals surface area contributed by atoms with Crippen molar-refractivity contribution in [2.45, 2.75) is 32.7 Å². The number of anilines is 1. The third kappa shape index (κ3) is 5.21. The van der Waals surface area contributed by atoms with Crippen molar-refractivity contribution in [1.29, 1.82) is 0 Å². The molecule has 3 aromatic heterocycles. The van der Waals surface area contributed by atoms with Gasteiger partial charge in [-0.3, -0.25) is 14.9 Å². The van der Waals surface area contributed by atoms with Crippen LogP contribution in [-0.2, 0) is 5.54 Å². The molecule has 3 heterocycles. The number of halogens is 3. The van der Waals surface area contributed by atoms with Crippen molar-refractivity contribution < 1.29 is 27.6 Å². The topological polar surface area (TPSA) is 125 Å². The van der Waals surface area contributed by atoms with Crippen LogP contribution in [0.5, 0.6) is 5.75 Å². The number of nitrogens with one attached hydrogen (secondary N) is 1. The number of carbonyl (C=O) groups is 1. The van der Waals surface area contributed by atoms with Gasteiger partial charge in [-0.05, 0) is 51.1 Å². The summed E-state index contributed by atoms with van der Waals surface area (Å²) in [6.45, 7) is 5.69. The van der Waals surface area contributed by atoms with E-state index >= 15 is 0 Å². The molecule has 4 aromatic rings. The summed E-state index contributed by atoms with van der Waals surface area (Å²) in [6, 6.07) is 7.52. The first kappa shape index (κ1) is 24.1. The molecule has 35 heavy (non-hydrogen) atoms. The van der Waals surface area contributed by atoms with E-state index < -0.39 is 28.5 Å². The Bertz CT molecular complexity index is 1420. The zero-order valence-electron chi connectivity index (χ0n) is 18.5. The Labute approximate surface area is 199 Å². The summed E-state index contributed by atoms with van der Waals surface area (Å²) in [7, 11) is 0. The average molecular weight is 506 g/mol. The number of thiophene rings is 1. The predicted octanol–water partition coefficient (Wildman–Crippen LogP) is 5.37. The summed E-state index contributed by atoms with van der Waals surface area (Å²) in [5.41, 5.74) is 0.254. The number of benzene rings is 1. The Morgan fingerprint density at radius 2 is 1.80 bits per heavy atom. The minimum atomic E-state index is -4.83. The number of amides is 1. The second kappa shape index (κ2) is 8.61. The number of alkyl halides is 3. The molecule has 0 fully saturated rings. The monoisotopic (exact) mass is 506 g/mol. The van der Waals surface area contributed by atoms with Crippen LogP contribution in [0.4, 0.5) is 24.0 Å². The van der Waals surface area contributed by atoms with E-state index in [1.165, 1.54) is 30.5 Å². The van der Waals surface area contributed by atoms with Crippen LogP contribution in [-0.4, -0.2) is 36.9 Å². The molecule has 0 aliphatic rings. The van der Waals surface area contributed by atoms with E-state index in [0.29, 0.717) is 27.9 Å². The summed E-state index contributed by atoms with van der Waals surface area (Å²) in [5.74, 6) is -0.812. The van der Waals surface area contributed by atoms with Crippen LogP contribution >= 0.6 is 11.3 Å². The van der Waals surface area contributed by atoms with E-state index in [9.17, 15) is 28.1 Å². The van der Waals surface area contributed by atoms with Crippen LogP contribution in [0.25, 0.3) is 22.4 Å². The fraction of sp³-hybridized carbons (Fsp3) is 0.238. The van der Waals surface area contributed by atoms with Crippen molar-refractivity contribution in [1.82, 2.24) is 19.7 Å². The summed E-state index contributed by atoms with van der Waals surface area (Å²) in [4.78, 5) is 32.2. The van der Waals surface area contributed by atoms with Gasteiger partial charge in [0, 0.05) is 11.6 Å². The Morgan fingerprint density at radius 3 is 2.37 bits per heavy atom. The molecule has 1 amide bonds. The SMILES string of the molecule is CC(C)(C)n1ncc2c(NC(=O)c3ccc([N+](=O)[O-])s3)nc(-c3ccc(OC(F)(F)F)cc3)nc21. The Balaban J connectivity index is 1.77. The molecule has 0 spiro atoms. The van der Waals surface area contributed by atoms with Crippen molar-refractivity contribution in [2.75, 3.05) is 5.32 Å². The Kier molecular flexibility index (Phi) is 5.92. The highest BCUT2D eigenvalue weighted by Gasteiger charge is 2.31. The molecular weight excluding hydrogens is 489 g/mol. The van der Waals surface area contributed by atoms with Crippen LogP contribution < -0.4 is 10.1 Å². The largest absolute Gasteiger partial charge is 0.573 e. The molecule has 0 radical (unpaired) electrons. The number of carbonyl (C=O) groups excluding carboxylic acids is 1. The number of aromatic nitrogens is 4. The van der Waals surface area contributed by atoms with E-state index in [0.717, 1.165) is 12.1 Å². The van der Waals surface area contributed by atoms with Crippen molar-refractivity contribution in [3.05, 3.63) is 57.6 Å². The molecule has 0 aliphatic heterocycles. The first-order chi connectivity index (χ1) is 16.3. The number of nitro groups is 1. The third-order valence-electron chi connectivity index (χ3n) is 4.64. The van der Waals surface area contributed by atoms with Crippen molar-refractivity contribution in [2.24, 2.45) is 0 Å². The lowest BCUT2D eigenvalue weighted by Gasteiger charge is -2.20. The minimum Gasteiger partial charge on any atom is -0.406 e. The van der Waals surface area contributed by atoms with Gasteiger partial charge in [-0.15, -0.1) is 13.2 Å². The Hall–Kier alpha value is -4.07. The lowest BCUT2D eigenvalue weighted by molar-refractivity contribution is -0.380. The quantitative estimate of drug-likeness (QED) is 0.285. The fourth-order valence-electron chi connectivity index (χ4n) is 3.15. The smallest absolute Gasteiger partial charge is 0.406 e. The van der Waals surface area contributed by atoms with Gasteiger partial charge in [-0.25, -0.2) is 14.6 Å². The summed E-state index contributed by atoms with van der Waals surface area (Å²) in [5, 5.41) is 18.2. The van der Waals surface area contributed by atoms with E-state index in [2.05, 4.69) is 25.1 Å². The molecule has 0 unspecified atom stereocenters. The lowest BCUT2D eigenvalue weighted by Crippen LogP contribution is -2.23. The highest BCUT2D eigenvalue weighted by molar-refractivity contribution is 7.17. The second-order valence-electron chi connectivity index (χ2n) is 8.28. The standard InChI is InChI=1S/C21H17F3N6O4S/c1-20(2,3)29-18-13(10-25-29)17(28-19(31)14-8-9-15(35-14)30(32)33)26-16(27-18)11-4-6-12(7-5-11)34-21(22,23)24/h4-10H,1-3H3,(H,26,27,28,31). The number of fused-ring (bicyclic) bond motifs is 1. The minimum absolute atomic E-state index is 0.0946. The van der Waals surface area contributed by atoms with Gasteiger partial charge in [0.2, 0.25) is 0 Å². The number of ether oxygens (including phenoxy) is 1. The van der Waals surface area contributed by atoms with Gasteiger partial charge in [0.05, 0.1) is 26.9 Å². The lowest BCUT2D eigenvalue weighted by atomic mass is 10.1. The first-order valence-corrected chi connectivity index (χ1v) is 10.8. The van der Waals surface area contributed by atoms with Gasteiger partial charge in [-0.2, -0.15) is 5.10 Å². The third-order valence-corrected chi connectivity index (χ3v) is 5.67. The van der Waals surface area contributed by atoms with Gasteiger partial charge in [0.25, 0.3) is 5.91 Å². The molecule has 14 heteroatoms. The molecule has 10 nitrogen and oxygen atoms in total. The number of rotatable bonds is 5. The van der Waals surface area contributed by atoms with Crippen LogP contribution in [0, 0.1) is 10.1 Å². The van der Waals surface area contributed by atoms with Gasteiger partial charge >= 0.3 is 11.4 Å². The van der Waals surface area contributed by atoms with Crippen molar-refractivity contribution in [3.8, 4) is 17.1 Å². The van der Waals surface area contributed by atoms with Gasteiger partial charge < -0.3 is 10.1 Å². The summed E-state index contributed by atoms with van der Waals surface area (Å²) >= 11 is 0.709. The highest BCUT2D eigenvalue weighted by atomic mass is 32.1. The van der Waals surface area contributed by atoms with Gasteiger partial charge in [-0.1, -0.05) is 11.3 Å². The maximum absolute atomic E-state index is 12.8. The van der Waals surface area contributed by atoms with Crippen LogP contribution in [0.2, 0.25) is 0 Å². The van der Waals surface area contributed by atoms with E-state index in [4.69, 9.17) is 0 Å². The summed E-state index contributed by atoms with van der Waals surface area (Å²) in [6.07, 6.45) is -3.35. The maximum Gasteiger partial charge on any atom is 0.573 e. The number of hydrogen-bond acceptors (Lipinski definition) is 8. The fourth-order valence-corrected chi connectivity index (χ4v) is 3.86. The zero-order valence-corrected chi connectivity index (χ0v) is 19.3. The molecule has 0 bridgehead atoms. The van der Waals surface area contributed by atoms with E-state index in [-0.39, 0.29) is 21.5 Å². The highest BCUT2D eigenvalue weighted by Crippen LogP contribution is 2.31. The van der Waals surface area contributed by atoms with Gasteiger partial charge in [0.15, 0.2) is 11.5 Å².